The summed E-state index contributed by atoms with van der Waals surface area (Å²) in [5.74, 6) is 1.67. The fourth-order valence-corrected chi connectivity index (χ4v) is 9.02. The van der Waals surface area contributed by atoms with E-state index >= 15 is 0 Å². The Morgan fingerprint density at radius 1 is 0.288 bits per heavy atom. The molecule has 0 aliphatic carbocycles. The van der Waals surface area contributed by atoms with Crippen LogP contribution in [0.2, 0.25) is 0 Å². The molecule has 4 aromatic heterocycles. The molecule has 4 heterocycles. The number of furan rings is 3. The number of fused-ring (bicyclic) bond motifs is 12. The van der Waals surface area contributed by atoms with Crippen molar-refractivity contribution < 1.29 is 13.3 Å². The van der Waals surface area contributed by atoms with E-state index in [9.17, 15) is 0 Å². The minimum Gasteiger partial charge on any atom is -0.456 e. The predicted molar refractivity (Wildman–Crippen MR) is 238 cm³/mol. The summed E-state index contributed by atoms with van der Waals surface area (Å²) in [7, 11) is 0. The number of aromatic nitrogens is 3. The van der Waals surface area contributed by atoms with Crippen LogP contribution < -0.4 is 0 Å². The molecule has 59 heavy (non-hydrogen) atoms. The molecule has 13 rings (SSSR count). The number of rotatable bonds is 4. The first-order chi connectivity index (χ1) is 29.2. The topological polar surface area (TPSA) is 78.1 Å². The summed E-state index contributed by atoms with van der Waals surface area (Å²) in [6.45, 7) is 0. The van der Waals surface area contributed by atoms with Crippen molar-refractivity contribution >= 4 is 87.4 Å². The fourth-order valence-electron chi connectivity index (χ4n) is 9.02. The Morgan fingerprint density at radius 3 is 1.59 bits per heavy atom. The van der Waals surface area contributed by atoms with Crippen LogP contribution >= 0.6 is 0 Å². The van der Waals surface area contributed by atoms with E-state index in [1.165, 1.54) is 10.8 Å². The quantitative estimate of drug-likeness (QED) is 0.178. The number of benzene rings is 9. The second-order valence-electron chi connectivity index (χ2n) is 15.1. The van der Waals surface area contributed by atoms with E-state index < -0.39 is 0 Å². The lowest BCUT2D eigenvalue weighted by atomic mass is 9.98. The molecule has 6 nitrogen and oxygen atoms in total. The smallest absolute Gasteiger partial charge is 0.164 e. The molecule has 13 aromatic rings. The molecule has 0 saturated carbocycles. The zero-order valence-electron chi connectivity index (χ0n) is 31.3. The third-order valence-electron chi connectivity index (χ3n) is 11.7. The van der Waals surface area contributed by atoms with Crippen LogP contribution in [0.15, 0.2) is 189 Å². The van der Waals surface area contributed by atoms with Gasteiger partial charge >= 0.3 is 0 Å². The van der Waals surface area contributed by atoms with Crippen LogP contribution in [-0.4, -0.2) is 15.0 Å². The van der Waals surface area contributed by atoms with Crippen LogP contribution in [-0.2, 0) is 0 Å². The Kier molecular flexibility index (Phi) is 6.63. The Morgan fingerprint density at radius 2 is 0.814 bits per heavy atom. The summed E-state index contributed by atoms with van der Waals surface area (Å²) < 4.78 is 19.3. The van der Waals surface area contributed by atoms with Crippen molar-refractivity contribution in [1.82, 2.24) is 15.0 Å². The lowest BCUT2D eigenvalue weighted by molar-refractivity contribution is 0.668. The Labute approximate surface area is 335 Å². The van der Waals surface area contributed by atoms with E-state index in [2.05, 4.69) is 115 Å². The van der Waals surface area contributed by atoms with Crippen molar-refractivity contribution in [2.45, 2.75) is 0 Å². The first-order valence-corrected chi connectivity index (χ1v) is 19.7. The molecule has 0 atom stereocenters. The maximum atomic E-state index is 6.75. The average molecular weight is 756 g/mol. The molecule has 9 aromatic carbocycles. The van der Waals surface area contributed by atoms with Gasteiger partial charge in [0, 0.05) is 54.6 Å². The molecule has 0 saturated heterocycles. The predicted octanol–water partition coefficient (Wildman–Crippen LogP) is 14.5. The molecule has 6 heteroatoms. The van der Waals surface area contributed by atoms with Crippen LogP contribution in [0.1, 0.15) is 0 Å². The number of nitrogens with zero attached hydrogens (tertiary/aromatic N) is 3. The van der Waals surface area contributed by atoms with Gasteiger partial charge in [0.05, 0.1) is 0 Å². The molecule has 0 bridgehead atoms. The Bertz CT molecular complexity index is 3870. The van der Waals surface area contributed by atoms with Gasteiger partial charge in [-0.1, -0.05) is 133 Å². The molecular weight excluding hydrogens is 727 g/mol. The second kappa shape index (κ2) is 12.2. The fraction of sp³-hybridized carbons (Fsp3) is 0. The molecule has 0 N–H and O–H groups in total. The second-order valence-corrected chi connectivity index (χ2v) is 15.1. The average Bonchev–Trinajstić information content (AvgIpc) is 4.00. The molecule has 274 valence electrons. The van der Waals surface area contributed by atoms with Crippen LogP contribution in [0, 0.1) is 0 Å². The van der Waals surface area contributed by atoms with Crippen molar-refractivity contribution in [2.24, 2.45) is 0 Å². The molecule has 0 aliphatic heterocycles. The molecular formula is C53H29N3O3. The number of hydrogen-bond donors (Lipinski definition) is 0. The van der Waals surface area contributed by atoms with E-state index in [0.29, 0.717) is 17.5 Å². The maximum absolute atomic E-state index is 6.75. The highest BCUT2D eigenvalue weighted by molar-refractivity contribution is 6.19. The normalized spacial score (nSPS) is 12.1. The van der Waals surface area contributed by atoms with E-state index in [0.717, 1.165) is 104 Å². The Hall–Kier alpha value is -8.09. The van der Waals surface area contributed by atoms with Crippen molar-refractivity contribution in [2.75, 3.05) is 0 Å². The van der Waals surface area contributed by atoms with Gasteiger partial charge in [0.15, 0.2) is 17.5 Å². The van der Waals surface area contributed by atoms with Gasteiger partial charge in [0.25, 0.3) is 0 Å². The maximum Gasteiger partial charge on any atom is 0.164 e. The zero-order valence-corrected chi connectivity index (χ0v) is 31.3. The third-order valence-corrected chi connectivity index (χ3v) is 11.7. The van der Waals surface area contributed by atoms with E-state index in [1.54, 1.807) is 0 Å². The summed E-state index contributed by atoms with van der Waals surface area (Å²) in [6.07, 6.45) is 0. The summed E-state index contributed by atoms with van der Waals surface area (Å²) in [5.41, 5.74) is 9.64. The molecule has 0 unspecified atom stereocenters. The molecule has 0 fully saturated rings. The van der Waals surface area contributed by atoms with Gasteiger partial charge in [-0.25, -0.2) is 15.0 Å². The van der Waals surface area contributed by atoms with E-state index in [-0.39, 0.29) is 0 Å². The molecule has 0 amide bonds. The largest absolute Gasteiger partial charge is 0.456 e. The summed E-state index contributed by atoms with van der Waals surface area (Å²) in [5, 5.41) is 10.7. The summed E-state index contributed by atoms with van der Waals surface area (Å²) in [4.78, 5) is 15.8. The molecule has 0 spiro atoms. The van der Waals surface area contributed by atoms with Crippen LogP contribution in [0.4, 0.5) is 0 Å². The standard InChI is InChI=1S/C53H29N3O3/c1-2-11-31-28-33(23-22-30(31)10-1)36-14-7-15-39-49-41(17-9-21-45(49)59-50(36)39)53-55-51(54-52(56-53)40-16-8-20-44-48(40)38-13-4-6-19-43(38)57-44)34-24-26-35-32(29-34)25-27-46-47(35)37-12-3-5-18-42(37)58-46/h1-29H. The van der Waals surface area contributed by atoms with Crippen molar-refractivity contribution in [3.63, 3.8) is 0 Å². The van der Waals surface area contributed by atoms with Crippen LogP contribution in [0.3, 0.4) is 0 Å². The van der Waals surface area contributed by atoms with Gasteiger partial charge in [-0.3, -0.25) is 0 Å². The summed E-state index contributed by atoms with van der Waals surface area (Å²) >= 11 is 0. The van der Waals surface area contributed by atoms with Crippen LogP contribution in [0.25, 0.3) is 133 Å². The lowest BCUT2D eigenvalue weighted by Gasteiger charge is -2.11. The van der Waals surface area contributed by atoms with Gasteiger partial charge in [-0.05, 0) is 69.6 Å². The van der Waals surface area contributed by atoms with Crippen molar-refractivity contribution in [3.05, 3.63) is 176 Å². The Balaban J connectivity index is 1.05. The first kappa shape index (κ1) is 32.0. The van der Waals surface area contributed by atoms with Crippen LogP contribution in [0.5, 0.6) is 0 Å². The number of hydrogen-bond acceptors (Lipinski definition) is 6. The lowest BCUT2D eigenvalue weighted by Crippen LogP contribution is -2.00. The van der Waals surface area contributed by atoms with Gasteiger partial charge in [0.2, 0.25) is 0 Å². The minimum atomic E-state index is 0.551. The highest BCUT2D eigenvalue weighted by Crippen LogP contribution is 2.42. The SMILES string of the molecule is c1ccc2cc(-c3cccc4c3oc3cccc(-c5nc(-c6ccc7c(ccc8oc9ccccc9c87)c6)nc(-c6cccc7oc8ccccc8c67)n5)c34)ccc2c1. The third kappa shape index (κ3) is 4.84. The molecule has 0 aliphatic rings. The van der Waals surface area contributed by atoms with E-state index in [4.69, 9.17) is 28.2 Å². The van der Waals surface area contributed by atoms with Gasteiger partial charge in [-0.2, -0.15) is 0 Å². The van der Waals surface area contributed by atoms with Gasteiger partial charge in [-0.15, -0.1) is 0 Å². The van der Waals surface area contributed by atoms with E-state index in [1.807, 2.05) is 60.7 Å². The zero-order chi connectivity index (χ0) is 38.6. The van der Waals surface area contributed by atoms with Crippen molar-refractivity contribution in [1.29, 1.82) is 0 Å². The first-order valence-electron chi connectivity index (χ1n) is 19.7. The highest BCUT2D eigenvalue weighted by Gasteiger charge is 2.22. The highest BCUT2D eigenvalue weighted by atomic mass is 16.3. The summed E-state index contributed by atoms with van der Waals surface area (Å²) in [6, 6.07) is 60.4. The molecule has 0 radical (unpaired) electrons. The number of para-hydroxylation sites is 3. The van der Waals surface area contributed by atoms with Gasteiger partial charge < -0.3 is 13.3 Å². The van der Waals surface area contributed by atoms with Crippen molar-refractivity contribution in [3.8, 4) is 45.3 Å². The monoisotopic (exact) mass is 755 g/mol. The minimum absolute atomic E-state index is 0.551. The van der Waals surface area contributed by atoms with Gasteiger partial charge in [0.1, 0.15) is 33.5 Å².